The summed E-state index contributed by atoms with van der Waals surface area (Å²) < 4.78 is 50.5. The predicted octanol–water partition coefficient (Wildman–Crippen LogP) is 4.38. The van der Waals surface area contributed by atoms with Crippen molar-refractivity contribution < 1.29 is 27.5 Å². The first-order valence-corrected chi connectivity index (χ1v) is 11.6. The zero-order valence-corrected chi connectivity index (χ0v) is 19.8. The van der Waals surface area contributed by atoms with Gasteiger partial charge in [-0.1, -0.05) is 16.9 Å². The summed E-state index contributed by atoms with van der Waals surface area (Å²) in [5, 5.41) is 4.45. The average Bonchev–Trinajstić information content (AvgIpc) is 3.58. The minimum absolute atomic E-state index is 0.0208. The summed E-state index contributed by atoms with van der Waals surface area (Å²) >= 11 is 1.21. The van der Waals surface area contributed by atoms with Crippen LogP contribution in [0.3, 0.4) is 0 Å². The Morgan fingerprint density at radius 2 is 1.71 bits per heavy atom. The molecule has 0 bridgehead atoms. The van der Waals surface area contributed by atoms with Crippen LogP contribution in [0.25, 0.3) is 22.3 Å². The smallest absolute Gasteiger partial charge is 0.262 e. The van der Waals surface area contributed by atoms with E-state index in [-0.39, 0.29) is 22.7 Å². The molecule has 9 nitrogen and oxygen atoms in total. The Morgan fingerprint density at radius 1 is 1.03 bits per heavy atom. The van der Waals surface area contributed by atoms with Crippen molar-refractivity contribution in [1.82, 2.24) is 19.7 Å². The number of fused-ring (bicyclic) bond motifs is 1. The molecule has 0 amide bonds. The number of thioether (sulfide) groups is 1. The predicted molar refractivity (Wildman–Crippen MR) is 123 cm³/mol. The summed E-state index contributed by atoms with van der Waals surface area (Å²) in [7, 11) is 4.53. The van der Waals surface area contributed by atoms with Gasteiger partial charge in [-0.3, -0.25) is 9.36 Å². The fourth-order valence-corrected chi connectivity index (χ4v) is 4.60. The normalized spacial score (nSPS) is 13.3. The number of nitrogens with zero attached hydrogens (tertiary/aromatic N) is 4. The number of methoxy groups -OCH3 is 3. The van der Waals surface area contributed by atoms with Gasteiger partial charge in [-0.15, -0.1) is 0 Å². The number of hydrogen-bond donors (Lipinski definition) is 0. The Morgan fingerprint density at radius 3 is 2.34 bits per heavy atom. The molecule has 2 aromatic carbocycles. The molecule has 0 unspecified atom stereocenters. The highest BCUT2D eigenvalue weighted by atomic mass is 32.2. The number of rotatable bonds is 8. The highest BCUT2D eigenvalue weighted by Gasteiger charge is 2.29. The second-order valence-electron chi connectivity index (χ2n) is 7.80. The minimum Gasteiger partial charge on any atom is -0.493 e. The molecule has 0 spiro atoms. The molecular formula is C23H20F2N4O5S. The van der Waals surface area contributed by atoms with Gasteiger partial charge in [-0.25, -0.2) is 13.8 Å². The lowest BCUT2D eigenvalue weighted by Gasteiger charge is -2.12. The maximum absolute atomic E-state index is 13.8. The molecule has 4 aromatic rings. The van der Waals surface area contributed by atoms with Gasteiger partial charge in [-0.05, 0) is 31.0 Å². The van der Waals surface area contributed by atoms with E-state index in [1.807, 2.05) is 0 Å². The Kier molecular flexibility index (Phi) is 6.05. The molecule has 1 aliphatic carbocycles. The van der Waals surface area contributed by atoms with Gasteiger partial charge in [0, 0.05) is 17.7 Å². The van der Waals surface area contributed by atoms with Gasteiger partial charge in [0.05, 0.1) is 38.0 Å². The molecule has 2 aromatic heterocycles. The Balaban J connectivity index is 1.44. The molecule has 1 fully saturated rings. The molecule has 1 saturated carbocycles. The van der Waals surface area contributed by atoms with Crippen molar-refractivity contribution in [3.8, 4) is 28.6 Å². The van der Waals surface area contributed by atoms with Crippen LogP contribution in [0.4, 0.5) is 8.78 Å². The van der Waals surface area contributed by atoms with Gasteiger partial charge < -0.3 is 18.7 Å². The minimum atomic E-state index is -1.08. The summed E-state index contributed by atoms with van der Waals surface area (Å²) in [6, 6.07) is 5.21. The first-order valence-electron chi connectivity index (χ1n) is 10.6. The fourth-order valence-electron chi connectivity index (χ4n) is 3.70. The summed E-state index contributed by atoms with van der Waals surface area (Å²) in [5.41, 5.74) is 0.287. The quantitative estimate of drug-likeness (QED) is 0.257. The highest BCUT2D eigenvalue weighted by Crippen LogP contribution is 2.41. The summed E-state index contributed by atoms with van der Waals surface area (Å²) in [5.74, 6) is 0.00555. The SMILES string of the molecule is COc1cc(-c2noc(CSc3nc4cc(F)c(F)cc4c(=O)n3C3CC3)n2)cc(OC)c1OC. The van der Waals surface area contributed by atoms with Crippen molar-refractivity contribution in [3.05, 3.63) is 52.1 Å². The van der Waals surface area contributed by atoms with Gasteiger partial charge >= 0.3 is 0 Å². The van der Waals surface area contributed by atoms with Crippen LogP contribution >= 0.6 is 11.8 Å². The van der Waals surface area contributed by atoms with Crippen LogP contribution in [0.2, 0.25) is 0 Å². The molecule has 0 radical (unpaired) electrons. The van der Waals surface area contributed by atoms with E-state index >= 15 is 0 Å². The standard InChI is InChI=1S/C23H20F2N4O5S/c1-31-17-6-11(7-18(32-2)20(17)33-3)21-27-19(34-28-21)10-35-23-26-16-9-15(25)14(24)8-13(16)22(30)29(23)12-4-5-12/h6-9,12H,4-5,10H2,1-3H3. The van der Waals surface area contributed by atoms with Gasteiger partial charge in [0.25, 0.3) is 5.56 Å². The Hall–Kier alpha value is -3.67. The van der Waals surface area contributed by atoms with Crippen molar-refractivity contribution in [2.24, 2.45) is 0 Å². The molecule has 2 heterocycles. The van der Waals surface area contributed by atoms with Gasteiger partial charge in [0.1, 0.15) is 0 Å². The summed E-state index contributed by atoms with van der Waals surface area (Å²) in [6.07, 6.45) is 1.63. The molecule has 1 aliphatic rings. The molecule has 0 saturated heterocycles. The van der Waals surface area contributed by atoms with Crippen LogP contribution in [0, 0.1) is 11.6 Å². The number of aromatic nitrogens is 4. The maximum Gasteiger partial charge on any atom is 0.262 e. The van der Waals surface area contributed by atoms with Crippen molar-refractivity contribution in [2.75, 3.05) is 21.3 Å². The molecule has 12 heteroatoms. The van der Waals surface area contributed by atoms with Crippen molar-refractivity contribution >= 4 is 22.7 Å². The third kappa shape index (κ3) is 4.29. The Bertz CT molecular complexity index is 1460. The van der Waals surface area contributed by atoms with E-state index in [0.717, 1.165) is 25.0 Å². The van der Waals surface area contributed by atoms with Crippen LogP contribution in [-0.4, -0.2) is 41.0 Å². The van der Waals surface area contributed by atoms with Gasteiger partial charge in [0.2, 0.25) is 17.5 Å². The van der Waals surface area contributed by atoms with Crippen molar-refractivity contribution in [1.29, 1.82) is 0 Å². The third-order valence-corrected chi connectivity index (χ3v) is 6.48. The van der Waals surface area contributed by atoms with E-state index in [0.29, 0.717) is 39.7 Å². The molecule has 0 N–H and O–H groups in total. The first-order chi connectivity index (χ1) is 16.9. The lowest BCUT2D eigenvalue weighted by Crippen LogP contribution is -2.22. The van der Waals surface area contributed by atoms with E-state index in [2.05, 4.69) is 15.1 Å². The maximum atomic E-state index is 13.8. The highest BCUT2D eigenvalue weighted by molar-refractivity contribution is 7.98. The zero-order valence-electron chi connectivity index (χ0n) is 19.0. The number of hydrogen-bond acceptors (Lipinski definition) is 9. The first kappa shape index (κ1) is 23.1. The third-order valence-electron chi connectivity index (χ3n) is 5.54. The van der Waals surface area contributed by atoms with E-state index in [4.69, 9.17) is 18.7 Å². The van der Waals surface area contributed by atoms with Crippen LogP contribution < -0.4 is 19.8 Å². The van der Waals surface area contributed by atoms with Crippen LogP contribution in [0.15, 0.2) is 38.7 Å². The monoisotopic (exact) mass is 502 g/mol. The van der Waals surface area contributed by atoms with Crippen LogP contribution in [-0.2, 0) is 5.75 Å². The second-order valence-corrected chi connectivity index (χ2v) is 8.74. The number of benzene rings is 2. The van der Waals surface area contributed by atoms with Crippen LogP contribution in [0.5, 0.6) is 17.2 Å². The lowest BCUT2D eigenvalue weighted by molar-refractivity contribution is 0.324. The zero-order chi connectivity index (χ0) is 24.7. The number of halogens is 2. The number of ether oxygens (including phenoxy) is 3. The van der Waals surface area contributed by atoms with E-state index in [1.54, 1.807) is 12.1 Å². The summed E-state index contributed by atoms with van der Waals surface area (Å²) in [4.78, 5) is 21.9. The Labute approximate surface area is 202 Å². The topological polar surface area (TPSA) is 102 Å². The average molecular weight is 502 g/mol. The van der Waals surface area contributed by atoms with E-state index in [9.17, 15) is 13.6 Å². The second kappa shape index (κ2) is 9.17. The van der Waals surface area contributed by atoms with Crippen molar-refractivity contribution in [2.45, 2.75) is 29.8 Å². The van der Waals surface area contributed by atoms with E-state index < -0.39 is 17.2 Å². The van der Waals surface area contributed by atoms with E-state index in [1.165, 1.54) is 37.7 Å². The molecular weight excluding hydrogens is 482 g/mol. The van der Waals surface area contributed by atoms with Gasteiger partial charge in [-0.2, -0.15) is 4.98 Å². The largest absolute Gasteiger partial charge is 0.493 e. The van der Waals surface area contributed by atoms with Gasteiger partial charge in [0.15, 0.2) is 28.3 Å². The lowest BCUT2D eigenvalue weighted by atomic mass is 10.1. The fraction of sp³-hybridized carbons (Fsp3) is 0.304. The summed E-state index contributed by atoms with van der Waals surface area (Å²) in [6.45, 7) is 0. The molecule has 5 rings (SSSR count). The molecule has 0 aliphatic heterocycles. The molecule has 35 heavy (non-hydrogen) atoms. The van der Waals surface area contributed by atoms with Crippen LogP contribution in [0.1, 0.15) is 24.8 Å². The molecule has 182 valence electrons. The molecule has 0 atom stereocenters. The van der Waals surface area contributed by atoms with Crippen molar-refractivity contribution in [3.63, 3.8) is 0 Å².